The predicted molar refractivity (Wildman–Crippen MR) is 113 cm³/mol. The zero-order valence-electron chi connectivity index (χ0n) is 17.3. The largest absolute Gasteiger partial charge is 0.383 e. The molecule has 30 heavy (non-hydrogen) atoms. The standard InChI is InChI=1S/C22H26N6O2/c1-15-3-5-18(6-4-15)28-22(23)19(13-25-28)21(30)17-8-11-26(14-17)20(29)9-12-27-16(2)7-10-24-27/h3-7,10,13,17H,8-9,11-12,14,23H2,1-2H3. The summed E-state index contributed by atoms with van der Waals surface area (Å²) in [5, 5.41) is 8.52. The van der Waals surface area contributed by atoms with Crippen LogP contribution in [0.4, 0.5) is 5.82 Å². The van der Waals surface area contributed by atoms with E-state index in [4.69, 9.17) is 5.73 Å². The molecule has 0 aliphatic carbocycles. The molecule has 4 rings (SSSR count). The molecule has 0 radical (unpaired) electrons. The third-order valence-electron chi connectivity index (χ3n) is 5.73. The van der Waals surface area contributed by atoms with Crippen molar-refractivity contribution in [3.8, 4) is 5.69 Å². The second kappa shape index (κ2) is 8.14. The number of hydrogen-bond acceptors (Lipinski definition) is 5. The average molecular weight is 406 g/mol. The van der Waals surface area contributed by atoms with Gasteiger partial charge in [-0.05, 0) is 38.5 Å². The Morgan fingerprint density at radius 3 is 2.60 bits per heavy atom. The number of rotatable bonds is 6. The molecule has 156 valence electrons. The summed E-state index contributed by atoms with van der Waals surface area (Å²) in [5.74, 6) is 0.0775. The lowest BCUT2D eigenvalue weighted by molar-refractivity contribution is -0.130. The molecule has 1 atom stereocenters. The number of benzene rings is 1. The summed E-state index contributed by atoms with van der Waals surface area (Å²) in [7, 11) is 0. The van der Waals surface area contributed by atoms with E-state index in [9.17, 15) is 9.59 Å². The van der Waals surface area contributed by atoms with Gasteiger partial charge in [-0.15, -0.1) is 0 Å². The first kappa shape index (κ1) is 19.9. The number of aromatic nitrogens is 4. The molecule has 1 fully saturated rings. The molecule has 1 aliphatic rings. The molecule has 0 spiro atoms. The Bertz CT molecular complexity index is 1070. The first-order valence-electron chi connectivity index (χ1n) is 10.1. The Labute approximate surface area is 175 Å². The van der Waals surface area contributed by atoms with Crippen molar-refractivity contribution < 1.29 is 9.59 Å². The van der Waals surface area contributed by atoms with Crippen LogP contribution in [0.3, 0.4) is 0 Å². The lowest BCUT2D eigenvalue weighted by Gasteiger charge is -2.16. The van der Waals surface area contributed by atoms with Crippen molar-refractivity contribution in [1.29, 1.82) is 0 Å². The molecular weight excluding hydrogens is 380 g/mol. The summed E-state index contributed by atoms with van der Waals surface area (Å²) < 4.78 is 3.40. The first-order valence-corrected chi connectivity index (χ1v) is 10.1. The van der Waals surface area contributed by atoms with Crippen LogP contribution in [-0.2, 0) is 11.3 Å². The fourth-order valence-electron chi connectivity index (χ4n) is 3.85. The minimum Gasteiger partial charge on any atom is -0.383 e. The van der Waals surface area contributed by atoms with Crippen molar-refractivity contribution in [2.75, 3.05) is 18.8 Å². The third kappa shape index (κ3) is 3.85. The lowest BCUT2D eigenvalue weighted by Crippen LogP contribution is -2.30. The topological polar surface area (TPSA) is 99.0 Å². The molecule has 1 saturated heterocycles. The lowest BCUT2D eigenvalue weighted by atomic mass is 9.98. The van der Waals surface area contributed by atoms with Crippen LogP contribution in [-0.4, -0.2) is 49.2 Å². The van der Waals surface area contributed by atoms with Gasteiger partial charge in [-0.3, -0.25) is 14.3 Å². The van der Waals surface area contributed by atoms with Crippen molar-refractivity contribution in [3.63, 3.8) is 0 Å². The van der Waals surface area contributed by atoms with Gasteiger partial charge >= 0.3 is 0 Å². The van der Waals surface area contributed by atoms with Gasteiger partial charge in [0.2, 0.25) is 5.91 Å². The van der Waals surface area contributed by atoms with Crippen molar-refractivity contribution in [2.24, 2.45) is 5.92 Å². The Morgan fingerprint density at radius 2 is 1.90 bits per heavy atom. The third-order valence-corrected chi connectivity index (χ3v) is 5.73. The van der Waals surface area contributed by atoms with Gasteiger partial charge in [-0.25, -0.2) is 4.68 Å². The van der Waals surface area contributed by atoms with Crippen LogP contribution in [0, 0.1) is 19.8 Å². The monoisotopic (exact) mass is 406 g/mol. The van der Waals surface area contributed by atoms with E-state index < -0.39 is 0 Å². The number of anilines is 1. The Hall–Kier alpha value is -3.42. The Balaban J connectivity index is 1.39. The van der Waals surface area contributed by atoms with Crippen molar-refractivity contribution in [3.05, 3.63) is 59.5 Å². The Morgan fingerprint density at radius 1 is 1.13 bits per heavy atom. The van der Waals surface area contributed by atoms with Gasteiger partial charge in [0.1, 0.15) is 5.82 Å². The van der Waals surface area contributed by atoms with Crippen molar-refractivity contribution >= 4 is 17.5 Å². The number of likely N-dealkylation sites (tertiary alicyclic amines) is 1. The highest BCUT2D eigenvalue weighted by molar-refractivity contribution is 6.02. The molecule has 8 heteroatoms. The van der Waals surface area contributed by atoms with E-state index in [-0.39, 0.29) is 17.6 Å². The van der Waals surface area contributed by atoms with Gasteiger partial charge in [0.25, 0.3) is 0 Å². The summed E-state index contributed by atoms with van der Waals surface area (Å²) in [5.41, 5.74) is 9.64. The van der Waals surface area contributed by atoms with Gasteiger partial charge < -0.3 is 10.6 Å². The van der Waals surface area contributed by atoms with E-state index in [0.717, 1.165) is 16.9 Å². The van der Waals surface area contributed by atoms with Crippen molar-refractivity contribution in [2.45, 2.75) is 33.2 Å². The second-order valence-corrected chi connectivity index (χ2v) is 7.83. The van der Waals surface area contributed by atoms with E-state index in [0.29, 0.717) is 43.9 Å². The maximum Gasteiger partial charge on any atom is 0.224 e. The van der Waals surface area contributed by atoms with E-state index in [1.807, 2.05) is 48.9 Å². The van der Waals surface area contributed by atoms with Gasteiger partial charge in [0, 0.05) is 43.9 Å². The maximum atomic E-state index is 13.0. The summed E-state index contributed by atoms with van der Waals surface area (Å²) in [6, 6.07) is 9.71. The number of Topliss-reactive ketones (excluding diaryl/α,β-unsaturated/α-hetero) is 1. The molecule has 1 unspecified atom stereocenters. The fraction of sp³-hybridized carbons (Fsp3) is 0.364. The number of ketones is 1. The van der Waals surface area contributed by atoms with E-state index in [2.05, 4.69) is 10.2 Å². The smallest absolute Gasteiger partial charge is 0.224 e. The molecule has 0 bridgehead atoms. The summed E-state index contributed by atoms with van der Waals surface area (Å²) in [6.07, 6.45) is 4.27. The van der Waals surface area contributed by atoms with E-state index in [1.54, 1.807) is 15.8 Å². The first-order chi connectivity index (χ1) is 14.4. The number of nitrogens with two attached hydrogens (primary N) is 1. The van der Waals surface area contributed by atoms with Crippen LogP contribution in [0.5, 0.6) is 0 Å². The summed E-state index contributed by atoms with van der Waals surface area (Å²) >= 11 is 0. The molecule has 1 aliphatic heterocycles. The van der Waals surface area contributed by atoms with Gasteiger partial charge in [0.05, 0.1) is 17.4 Å². The predicted octanol–water partition coefficient (Wildman–Crippen LogP) is 2.39. The molecule has 2 N–H and O–H groups in total. The van der Waals surface area contributed by atoms with Gasteiger partial charge in [-0.1, -0.05) is 17.7 Å². The SMILES string of the molecule is Cc1ccc(-n2ncc(C(=O)C3CCN(C(=O)CCn4nccc4C)C3)c2N)cc1. The number of nitrogen functional groups attached to an aromatic ring is 1. The van der Waals surface area contributed by atoms with Crippen LogP contribution >= 0.6 is 0 Å². The highest BCUT2D eigenvalue weighted by atomic mass is 16.2. The zero-order chi connectivity index (χ0) is 21.3. The van der Waals surface area contributed by atoms with Gasteiger partial charge in [-0.2, -0.15) is 10.2 Å². The zero-order valence-corrected chi connectivity index (χ0v) is 17.3. The Kier molecular flexibility index (Phi) is 5.39. The fourth-order valence-corrected chi connectivity index (χ4v) is 3.85. The highest BCUT2D eigenvalue weighted by Crippen LogP contribution is 2.26. The summed E-state index contributed by atoms with van der Waals surface area (Å²) in [4.78, 5) is 27.4. The molecule has 8 nitrogen and oxygen atoms in total. The minimum atomic E-state index is -0.252. The normalized spacial score (nSPS) is 16.2. The minimum absolute atomic E-state index is 0.0449. The molecule has 1 amide bonds. The molecule has 2 aromatic heterocycles. The molecule has 0 saturated carbocycles. The molecule has 3 aromatic rings. The van der Waals surface area contributed by atoms with Crippen molar-refractivity contribution in [1.82, 2.24) is 24.5 Å². The van der Waals surface area contributed by atoms with Crippen LogP contribution in [0.15, 0.2) is 42.7 Å². The average Bonchev–Trinajstić information content (AvgIpc) is 3.47. The highest BCUT2D eigenvalue weighted by Gasteiger charge is 2.33. The maximum absolute atomic E-state index is 13.0. The number of hydrogen-bond donors (Lipinski definition) is 1. The van der Waals surface area contributed by atoms with Crippen LogP contribution in [0.25, 0.3) is 5.69 Å². The number of amides is 1. The number of nitrogens with zero attached hydrogens (tertiary/aromatic N) is 5. The number of aryl methyl sites for hydroxylation is 3. The van der Waals surface area contributed by atoms with Crippen LogP contribution in [0.2, 0.25) is 0 Å². The quantitative estimate of drug-likeness (QED) is 0.634. The molecule has 1 aromatic carbocycles. The van der Waals surface area contributed by atoms with Crippen LogP contribution in [0.1, 0.15) is 34.5 Å². The summed E-state index contributed by atoms with van der Waals surface area (Å²) in [6.45, 7) is 5.52. The molecular formula is C22H26N6O2. The number of carbonyl (C=O) groups is 2. The second-order valence-electron chi connectivity index (χ2n) is 7.83. The van der Waals surface area contributed by atoms with E-state index in [1.165, 1.54) is 6.20 Å². The van der Waals surface area contributed by atoms with Gasteiger partial charge in [0.15, 0.2) is 5.78 Å². The van der Waals surface area contributed by atoms with E-state index >= 15 is 0 Å². The molecule has 3 heterocycles. The number of carbonyl (C=O) groups excluding carboxylic acids is 2. The van der Waals surface area contributed by atoms with Crippen LogP contribution < -0.4 is 5.73 Å².